The minimum Gasteiger partial charge on any atom is -0.462 e. The molecule has 60 heavy (non-hydrogen) atoms. The number of likely N-dealkylation sites (N-methyl/N-ethyl adjacent to an activating group) is 1. The van der Waals surface area contributed by atoms with Gasteiger partial charge in [-0.25, -0.2) is 4.57 Å². The molecule has 0 aliphatic carbocycles. The minimum absolute atomic E-state index is 0.0371. The molecule has 0 aliphatic rings. The molecule has 0 saturated carbocycles. The molecule has 9 nitrogen and oxygen atoms in total. The van der Waals surface area contributed by atoms with Crippen LogP contribution in [-0.4, -0.2) is 74.9 Å². The van der Waals surface area contributed by atoms with Gasteiger partial charge in [-0.3, -0.25) is 18.6 Å². The molecule has 0 bridgehead atoms. The fourth-order valence-corrected chi connectivity index (χ4v) is 8.35. The van der Waals surface area contributed by atoms with Gasteiger partial charge in [0.2, 0.25) is 0 Å². The summed E-state index contributed by atoms with van der Waals surface area (Å²) in [5, 5.41) is 0. The van der Waals surface area contributed by atoms with Crippen molar-refractivity contribution in [2.45, 2.75) is 264 Å². The van der Waals surface area contributed by atoms with Crippen LogP contribution in [0.5, 0.6) is 0 Å². The van der Waals surface area contributed by atoms with Crippen LogP contribution in [-0.2, 0) is 32.7 Å². The molecule has 0 radical (unpaired) electrons. The van der Waals surface area contributed by atoms with Gasteiger partial charge in [0, 0.05) is 12.8 Å². The van der Waals surface area contributed by atoms with E-state index in [4.69, 9.17) is 18.5 Å². The number of hydrogen-bond donors (Lipinski definition) is 1. The fourth-order valence-electron chi connectivity index (χ4n) is 7.61. The Kier molecular flexibility index (Phi) is 42.6. The number of ether oxygens (including phenoxy) is 2. The molecule has 0 aromatic heterocycles. The predicted octanol–water partition coefficient (Wildman–Crippen LogP) is 15.1. The molecule has 0 rings (SSSR count). The highest BCUT2D eigenvalue weighted by molar-refractivity contribution is 7.47. The lowest BCUT2D eigenvalue weighted by atomic mass is 10.0. The molecule has 0 fully saturated rings. The standard InChI is InChI=1S/C50H100NO8P/c1-6-8-10-12-14-16-18-20-22-23-24-25-26-27-28-29-31-33-35-37-39-41-43-50(53)59-48(47-58-60(54,55)57-45-44-51(3,4)5)46-56-49(52)42-40-38-36-34-32-30-21-19-17-15-13-11-9-7-2/h48H,6-47H2,1-5H3/p+1. The molecular weight excluding hydrogens is 774 g/mol. The van der Waals surface area contributed by atoms with Crippen LogP contribution in [0.3, 0.4) is 0 Å². The second-order valence-electron chi connectivity index (χ2n) is 18.9. The normalized spacial score (nSPS) is 13.4. The minimum atomic E-state index is -4.37. The fraction of sp³-hybridized carbons (Fsp3) is 0.960. The van der Waals surface area contributed by atoms with Crippen molar-refractivity contribution in [2.24, 2.45) is 0 Å². The van der Waals surface area contributed by atoms with Gasteiger partial charge >= 0.3 is 19.8 Å². The monoisotopic (exact) mass is 875 g/mol. The van der Waals surface area contributed by atoms with E-state index < -0.39 is 26.5 Å². The molecule has 0 aromatic carbocycles. The van der Waals surface area contributed by atoms with Gasteiger partial charge < -0.3 is 18.9 Å². The number of quaternary nitrogens is 1. The maximum Gasteiger partial charge on any atom is 0.472 e. The molecule has 358 valence electrons. The van der Waals surface area contributed by atoms with Crippen LogP contribution < -0.4 is 0 Å². The third kappa shape index (κ3) is 46.5. The first-order valence-corrected chi connectivity index (χ1v) is 27.3. The first kappa shape index (κ1) is 59.0. The Hall–Kier alpha value is -0.990. The van der Waals surface area contributed by atoms with Crippen molar-refractivity contribution < 1.29 is 42.1 Å². The highest BCUT2D eigenvalue weighted by Gasteiger charge is 2.27. The highest BCUT2D eigenvalue weighted by Crippen LogP contribution is 2.43. The van der Waals surface area contributed by atoms with Gasteiger partial charge in [0.25, 0.3) is 0 Å². The lowest BCUT2D eigenvalue weighted by molar-refractivity contribution is -0.870. The van der Waals surface area contributed by atoms with Gasteiger partial charge in [-0.1, -0.05) is 232 Å². The van der Waals surface area contributed by atoms with Crippen LogP contribution in [0, 0.1) is 0 Å². The first-order valence-electron chi connectivity index (χ1n) is 25.8. The molecule has 2 atom stereocenters. The number of phosphoric ester groups is 1. The first-order chi connectivity index (χ1) is 29.0. The zero-order valence-corrected chi connectivity index (χ0v) is 41.4. The highest BCUT2D eigenvalue weighted by atomic mass is 31.2. The van der Waals surface area contributed by atoms with Crippen LogP contribution in [0.2, 0.25) is 0 Å². The number of carbonyl (C=O) groups is 2. The van der Waals surface area contributed by atoms with Crippen LogP contribution in [0.4, 0.5) is 0 Å². The van der Waals surface area contributed by atoms with Crippen molar-refractivity contribution in [2.75, 3.05) is 47.5 Å². The largest absolute Gasteiger partial charge is 0.472 e. The second kappa shape index (κ2) is 43.3. The number of hydrogen-bond acceptors (Lipinski definition) is 7. The number of unbranched alkanes of at least 4 members (excludes halogenated alkanes) is 34. The summed E-state index contributed by atoms with van der Waals surface area (Å²) in [5.74, 6) is -0.778. The van der Waals surface area contributed by atoms with E-state index >= 15 is 0 Å². The summed E-state index contributed by atoms with van der Waals surface area (Å²) >= 11 is 0. The number of esters is 2. The van der Waals surface area contributed by atoms with Crippen LogP contribution >= 0.6 is 7.82 Å². The summed E-state index contributed by atoms with van der Waals surface area (Å²) in [6.07, 6.45) is 45.8. The SMILES string of the molecule is CCCCCCCCCCCCCCCCCCCCCCCCC(=O)OC(COC(=O)CCCCCCCCCCCCCCCC)COP(=O)(O)OCC[N+](C)(C)C. The number of nitrogens with zero attached hydrogens (tertiary/aromatic N) is 1. The van der Waals surface area contributed by atoms with E-state index in [1.54, 1.807) is 0 Å². The lowest BCUT2D eigenvalue weighted by Gasteiger charge is -2.24. The second-order valence-corrected chi connectivity index (χ2v) is 20.4. The average molecular weight is 875 g/mol. The number of carbonyl (C=O) groups excluding carboxylic acids is 2. The molecule has 0 spiro atoms. The van der Waals surface area contributed by atoms with Crippen LogP contribution in [0.25, 0.3) is 0 Å². The van der Waals surface area contributed by atoms with Gasteiger partial charge in [0.1, 0.15) is 19.8 Å². The van der Waals surface area contributed by atoms with E-state index in [2.05, 4.69) is 13.8 Å². The Morgan fingerprint density at radius 3 is 1.07 bits per heavy atom. The molecule has 2 unspecified atom stereocenters. The number of rotatable bonds is 48. The third-order valence-electron chi connectivity index (χ3n) is 11.6. The predicted molar refractivity (Wildman–Crippen MR) is 252 cm³/mol. The summed E-state index contributed by atoms with van der Waals surface area (Å²) in [5.41, 5.74) is 0. The zero-order valence-electron chi connectivity index (χ0n) is 40.5. The molecular formula is C50H101NO8P+. The van der Waals surface area contributed by atoms with Gasteiger partial charge in [0.15, 0.2) is 6.10 Å². The quantitative estimate of drug-likeness (QED) is 0.0279. The average Bonchev–Trinajstić information content (AvgIpc) is 3.20. The summed E-state index contributed by atoms with van der Waals surface area (Å²) in [6.45, 7) is 4.48. The van der Waals surface area contributed by atoms with E-state index in [1.165, 1.54) is 193 Å². The van der Waals surface area contributed by atoms with Gasteiger partial charge in [-0.05, 0) is 12.8 Å². The van der Waals surface area contributed by atoms with Crippen LogP contribution in [0.1, 0.15) is 258 Å². The van der Waals surface area contributed by atoms with Gasteiger partial charge in [-0.2, -0.15) is 0 Å². The molecule has 1 N–H and O–H groups in total. The maximum atomic E-state index is 12.8. The van der Waals surface area contributed by atoms with Crippen molar-refractivity contribution in [3.63, 3.8) is 0 Å². The van der Waals surface area contributed by atoms with Crippen LogP contribution in [0.15, 0.2) is 0 Å². The van der Waals surface area contributed by atoms with Gasteiger partial charge in [-0.15, -0.1) is 0 Å². The van der Waals surface area contributed by atoms with Crippen molar-refractivity contribution in [1.29, 1.82) is 0 Å². The smallest absolute Gasteiger partial charge is 0.462 e. The van der Waals surface area contributed by atoms with E-state index in [-0.39, 0.29) is 25.6 Å². The summed E-state index contributed by atoms with van der Waals surface area (Å²) < 4.78 is 34.5. The molecule has 10 heteroatoms. The Morgan fingerprint density at radius 2 is 0.750 bits per heavy atom. The Labute approximate surface area is 372 Å². The molecule has 0 amide bonds. The summed E-state index contributed by atoms with van der Waals surface area (Å²) in [6, 6.07) is 0. The van der Waals surface area contributed by atoms with Crippen molar-refractivity contribution >= 4 is 19.8 Å². The summed E-state index contributed by atoms with van der Waals surface area (Å²) in [7, 11) is 1.50. The molecule has 0 aliphatic heterocycles. The Balaban J connectivity index is 4.17. The molecule has 0 saturated heterocycles. The van der Waals surface area contributed by atoms with Crippen molar-refractivity contribution in [3.05, 3.63) is 0 Å². The topological polar surface area (TPSA) is 108 Å². The lowest BCUT2D eigenvalue weighted by Crippen LogP contribution is -2.37. The zero-order chi connectivity index (χ0) is 44.3. The van der Waals surface area contributed by atoms with Crippen molar-refractivity contribution in [3.8, 4) is 0 Å². The Morgan fingerprint density at radius 1 is 0.450 bits per heavy atom. The third-order valence-corrected chi connectivity index (χ3v) is 12.6. The maximum absolute atomic E-state index is 12.8. The Bertz CT molecular complexity index is 990. The van der Waals surface area contributed by atoms with E-state index in [0.29, 0.717) is 17.4 Å². The number of phosphoric acid groups is 1. The van der Waals surface area contributed by atoms with E-state index in [9.17, 15) is 19.0 Å². The summed E-state index contributed by atoms with van der Waals surface area (Å²) in [4.78, 5) is 35.5. The molecule has 0 aromatic rings. The van der Waals surface area contributed by atoms with E-state index in [0.717, 1.165) is 38.5 Å². The van der Waals surface area contributed by atoms with Crippen molar-refractivity contribution in [1.82, 2.24) is 0 Å². The molecule has 0 heterocycles. The van der Waals surface area contributed by atoms with E-state index in [1.807, 2.05) is 21.1 Å². The van der Waals surface area contributed by atoms with Gasteiger partial charge in [0.05, 0.1) is 27.7 Å².